The van der Waals surface area contributed by atoms with Crippen LogP contribution < -0.4 is 15.3 Å². The van der Waals surface area contributed by atoms with E-state index in [0.717, 1.165) is 0 Å². The van der Waals surface area contributed by atoms with Crippen LogP contribution in [-0.2, 0) is 19.8 Å². The summed E-state index contributed by atoms with van der Waals surface area (Å²) < 4.78 is 23.5. The predicted molar refractivity (Wildman–Crippen MR) is 40.9 cm³/mol. The van der Waals surface area contributed by atoms with Gasteiger partial charge in [0.25, 0.3) is 10.2 Å². The van der Waals surface area contributed by atoms with E-state index < -0.39 is 22.7 Å². The second-order valence-electron chi connectivity index (χ2n) is 1.84. The van der Waals surface area contributed by atoms with Crippen LogP contribution in [0.5, 0.6) is 0 Å². The van der Waals surface area contributed by atoms with Gasteiger partial charge >= 0.3 is 0 Å². The van der Waals surface area contributed by atoms with Crippen molar-refractivity contribution in [3.8, 4) is 0 Å². The molecule has 4 N–H and O–H groups in total. The third-order valence-electron chi connectivity index (χ3n) is 0.717. The average molecular weight is 197 g/mol. The molecule has 8 heteroatoms. The number of hydrogen-bond donors (Lipinski definition) is 3. The highest BCUT2D eigenvalue weighted by molar-refractivity contribution is 7.87. The lowest BCUT2D eigenvalue weighted by molar-refractivity contribution is -0.123. The number of carbonyl (C=O) groups excluding carboxylic acids is 1. The second-order valence-corrected chi connectivity index (χ2v) is 3.30. The van der Waals surface area contributed by atoms with E-state index in [2.05, 4.69) is 15.3 Å². The van der Waals surface area contributed by atoms with Crippen molar-refractivity contribution in [2.75, 3.05) is 13.2 Å². The van der Waals surface area contributed by atoms with Crippen molar-refractivity contribution in [1.29, 1.82) is 0 Å². The Kier molecular flexibility index (Phi) is 4.74. The first-order valence-corrected chi connectivity index (χ1v) is 4.62. The number of primary amides is 1. The molecule has 0 bridgehead atoms. The van der Waals surface area contributed by atoms with Crippen LogP contribution in [-0.4, -0.2) is 27.5 Å². The highest BCUT2D eigenvalue weighted by Gasteiger charge is 2.07. The Morgan fingerprint density at radius 3 is 2.58 bits per heavy atom. The Morgan fingerprint density at radius 2 is 2.17 bits per heavy atom. The maximum atomic E-state index is 10.7. The second kappa shape index (κ2) is 5.04. The van der Waals surface area contributed by atoms with Crippen molar-refractivity contribution < 1.29 is 18.0 Å². The summed E-state index contributed by atoms with van der Waals surface area (Å²) in [6, 6.07) is 0. The van der Waals surface area contributed by atoms with E-state index in [1.54, 1.807) is 11.8 Å². The smallest absolute Gasteiger partial charge is 0.299 e. The van der Waals surface area contributed by atoms with E-state index in [-0.39, 0.29) is 6.54 Å². The summed E-state index contributed by atoms with van der Waals surface area (Å²) in [6.07, 6.45) is 0. The zero-order chi connectivity index (χ0) is 9.61. The molecule has 0 saturated heterocycles. The third kappa shape index (κ3) is 6.04. The zero-order valence-electron chi connectivity index (χ0n) is 6.53. The van der Waals surface area contributed by atoms with Crippen LogP contribution in [0.1, 0.15) is 6.92 Å². The maximum absolute atomic E-state index is 10.7. The summed E-state index contributed by atoms with van der Waals surface area (Å²) in [5, 5.41) is 0. The number of amides is 1. The Labute approximate surface area is 70.4 Å². The van der Waals surface area contributed by atoms with E-state index in [4.69, 9.17) is 0 Å². The van der Waals surface area contributed by atoms with E-state index in [1.807, 2.05) is 0 Å². The van der Waals surface area contributed by atoms with Crippen LogP contribution in [0.2, 0.25) is 0 Å². The SMILES string of the molecule is CCNS(=O)(=O)NOCC(N)=O. The molecular weight excluding hydrogens is 186 g/mol. The van der Waals surface area contributed by atoms with Crippen molar-refractivity contribution in [1.82, 2.24) is 9.61 Å². The molecule has 0 aliphatic carbocycles. The largest absolute Gasteiger partial charge is 0.368 e. The molecule has 0 unspecified atom stereocenters. The lowest BCUT2D eigenvalue weighted by Gasteiger charge is -2.04. The van der Waals surface area contributed by atoms with Gasteiger partial charge in [-0.2, -0.15) is 8.42 Å². The fourth-order valence-electron chi connectivity index (χ4n) is 0.398. The standard InChI is InChI=1S/C4H11N3O4S/c1-2-6-12(9,10)7-11-3-4(5)8/h6-7H,2-3H2,1H3,(H2,5,8). The third-order valence-corrected chi connectivity index (χ3v) is 1.72. The Balaban J connectivity index is 3.69. The minimum atomic E-state index is -3.66. The minimum absolute atomic E-state index is 0.231. The minimum Gasteiger partial charge on any atom is -0.368 e. The first kappa shape index (κ1) is 11.3. The molecule has 72 valence electrons. The topological polar surface area (TPSA) is 111 Å². The molecule has 0 aliphatic heterocycles. The highest BCUT2D eigenvalue weighted by atomic mass is 32.2. The van der Waals surface area contributed by atoms with Crippen molar-refractivity contribution >= 4 is 16.1 Å². The Hall–Kier alpha value is -0.700. The molecule has 1 amide bonds. The van der Waals surface area contributed by atoms with Gasteiger partial charge in [0.2, 0.25) is 5.91 Å². The van der Waals surface area contributed by atoms with Crippen LogP contribution >= 0.6 is 0 Å². The summed E-state index contributed by atoms with van der Waals surface area (Å²) in [7, 11) is -3.66. The highest BCUT2D eigenvalue weighted by Crippen LogP contribution is 1.75. The van der Waals surface area contributed by atoms with Gasteiger partial charge in [0.05, 0.1) is 0 Å². The summed E-state index contributed by atoms with van der Waals surface area (Å²) in [5.41, 5.74) is 4.68. The molecule has 12 heavy (non-hydrogen) atoms. The van der Waals surface area contributed by atoms with Crippen LogP contribution in [0.15, 0.2) is 0 Å². The molecule has 0 rings (SSSR count). The Bertz CT molecular complexity index is 237. The van der Waals surface area contributed by atoms with Gasteiger partial charge in [0.15, 0.2) is 0 Å². The Morgan fingerprint density at radius 1 is 1.58 bits per heavy atom. The van der Waals surface area contributed by atoms with E-state index in [9.17, 15) is 13.2 Å². The van der Waals surface area contributed by atoms with E-state index >= 15 is 0 Å². The lowest BCUT2D eigenvalue weighted by Crippen LogP contribution is -2.38. The molecular formula is C4H11N3O4S. The van der Waals surface area contributed by atoms with Crippen LogP contribution in [0.25, 0.3) is 0 Å². The first-order chi connectivity index (χ1) is 5.48. The molecule has 0 atom stereocenters. The average Bonchev–Trinajstić information content (AvgIpc) is 1.85. The number of carbonyl (C=O) groups is 1. The first-order valence-electron chi connectivity index (χ1n) is 3.14. The number of rotatable bonds is 6. The van der Waals surface area contributed by atoms with Gasteiger partial charge in [0.1, 0.15) is 6.61 Å². The van der Waals surface area contributed by atoms with Gasteiger partial charge in [0, 0.05) is 6.54 Å². The number of hydrogen-bond acceptors (Lipinski definition) is 4. The van der Waals surface area contributed by atoms with Crippen LogP contribution in [0.4, 0.5) is 0 Å². The van der Waals surface area contributed by atoms with Gasteiger partial charge in [-0.25, -0.2) is 4.72 Å². The van der Waals surface area contributed by atoms with E-state index in [0.29, 0.717) is 0 Å². The van der Waals surface area contributed by atoms with Crippen molar-refractivity contribution in [2.24, 2.45) is 5.73 Å². The molecule has 0 aromatic heterocycles. The van der Waals surface area contributed by atoms with E-state index in [1.165, 1.54) is 0 Å². The van der Waals surface area contributed by atoms with Crippen molar-refractivity contribution in [2.45, 2.75) is 6.92 Å². The van der Waals surface area contributed by atoms with Gasteiger partial charge in [-0.1, -0.05) is 11.8 Å². The molecule has 0 spiro atoms. The molecule has 0 saturated carbocycles. The zero-order valence-corrected chi connectivity index (χ0v) is 7.35. The quantitative estimate of drug-likeness (QED) is 0.421. The van der Waals surface area contributed by atoms with Gasteiger partial charge in [-0.3, -0.25) is 9.63 Å². The maximum Gasteiger partial charge on any atom is 0.299 e. The summed E-state index contributed by atoms with van der Waals surface area (Å²) >= 11 is 0. The van der Waals surface area contributed by atoms with Crippen molar-refractivity contribution in [3.05, 3.63) is 0 Å². The van der Waals surface area contributed by atoms with Gasteiger partial charge in [-0.05, 0) is 0 Å². The van der Waals surface area contributed by atoms with Gasteiger partial charge in [-0.15, -0.1) is 0 Å². The number of nitrogens with one attached hydrogen (secondary N) is 2. The monoisotopic (exact) mass is 197 g/mol. The molecule has 7 nitrogen and oxygen atoms in total. The fourth-order valence-corrected chi connectivity index (χ4v) is 1.05. The molecule has 0 aromatic carbocycles. The summed E-state index contributed by atoms with van der Waals surface area (Å²) in [5.74, 6) is -0.755. The van der Waals surface area contributed by atoms with Crippen molar-refractivity contribution in [3.63, 3.8) is 0 Å². The lowest BCUT2D eigenvalue weighted by atomic mass is 10.7. The van der Waals surface area contributed by atoms with Crippen LogP contribution in [0.3, 0.4) is 0 Å². The predicted octanol–water partition coefficient (Wildman–Crippen LogP) is -2.15. The number of nitrogens with two attached hydrogens (primary N) is 1. The molecule has 0 heterocycles. The summed E-state index contributed by atoms with van der Waals surface area (Å²) in [6.45, 7) is 1.34. The molecule has 0 aromatic rings. The molecule has 0 aliphatic rings. The summed E-state index contributed by atoms with van der Waals surface area (Å²) in [4.78, 5) is 16.0. The molecule has 0 radical (unpaired) electrons. The van der Waals surface area contributed by atoms with Crippen LogP contribution in [0, 0.1) is 0 Å². The molecule has 0 fully saturated rings. The van der Waals surface area contributed by atoms with Gasteiger partial charge < -0.3 is 5.73 Å². The fraction of sp³-hybridized carbons (Fsp3) is 0.750. The normalized spacial score (nSPS) is 11.4.